The van der Waals surface area contributed by atoms with Crippen molar-refractivity contribution in [3.05, 3.63) is 70.8 Å². The highest BCUT2D eigenvalue weighted by Crippen LogP contribution is 2.11. The summed E-state index contributed by atoms with van der Waals surface area (Å²) in [5.74, 6) is -1.48. The van der Waals surface area contributed by atoms with Crippen molar-refractivity contribution in [3.8, 4) is 0 Å². The SMILES string of the molecule is CCCc1ccc(C(=O)OOC(C)OC(=O)OC(C)OOC(=O)c2ccc(CCC)cc2)cc1. The number of carbonyl (C=O) groups excluding carboxylic acids is 3. The average molecular weight is 475 g/mol. The second kappa shape index (κ2) is 14.0. The number of aryl methyl sites for hydroxylation is 2. The topological polar surface area (TPSA) is 107 Å². The predicted octanol–water partition coefficient (Wildman–Crippen LogP) is 5.31. The first-order valence-corrected chi connectivity index (χ1v) is 11.1. The molecule has 2 aromatic carbocycles. The maximum atomic E-state index is 12.0. The zero-order chi connectivity index (χ0) is 24.9. The number of benzene rings is 2. The zero-order valence-corrected chi connectivity index (χ0v) is 19.8. The molecule has 0 fully saturated rings. The third-order valence-electron chi connectivity index (χ3n) is 4.50. The van der Waals surface area contributed by atoms with Crippen LogP contribution in [0, 0.1) is 0 Å². The van der Waals surface area contributed by atoms with Crippen LogP contribution in [0.25, 0.3) is 0 Å². The maximum Gasteiger partial charge on any atom is 0.513 e. The fraction of sp³-hybridized carbons (Fsp3) is 0.400. The van der Waals surface area contributed by atoms with Crippen molar-refractivity contribution in [2.75, 3.05) is 0 Å². The van der Waals surface area contributed by atoms with Gasteiger partial charge in [0.15, 0.2) is 0 Å². The van der Waals surface area contributed by atoms with E-state index in [1.165, 1.54) is 13.8 Å². The van der Waals surface area contributed by atoms with Gasteiger partial charge in [0.2, 0.25) is 12.6 Å². The lowest BCUT2D eigenvalue weighted by Gasteiger charge is -2.15. The Morgan fingerprint density at radius 2 is 1.00 bits per heavy atom. The molecule has 2 rings (SSSR count). The van der Waals surface area contributed by atoms with E-state index in [1.54, 1.807) is 24.3 Å². The van der Waals surface area contributed by atoms with Crippen molar-refractivity contribution < 1.29 is 43.4 Å². The Balaban J connectivity index is 1.68. The maximum absolute atomic E-state index is 12.0. The summed E-state index contributed by atoms with van der Waals surface area (Å²) >= 11 is 0. The molecule has 0 N–H and O–H groups in total. The van der Waals surface area contributed by atoms with Crippen LogP contribution in [-0.2, 0) is 41.9 Å². The number of carbonyl (C=O) groups is 3. The highest BCUT2D eigenvalue weighted by atomic mass is 17.2. The van der Waals surface area contributed by atoms with Crippen LogP contribution in [0.1, 0.15) is 72.4 Å². The molecule has 2 aromatic rings. The first-order chi connectivity index (χ1) is 16.3. The van der Waals surface area contributed by atoms with Crippen LogP contribution in [0.2, 0.25) is 0 Å². The molecular weight excluding hydrogens is 444 g/mol. The van der Waals surface area contributed by atoms with Crippen LogP contribution in [0.4, 0.5) is 4.79 Å². The second-order valence-electron chi connectivity index (χ2n) is 7.45. The first kappa shape index (κ1) is 26.8. The van der Waals surface area contributed by atoms with Crippen molar-refractivity contribution in [2.24, 2.45) is 0 Å². The molecular formula is C25H30O9. The van der Waals surface area contributed by atoms with Crippen LogP contribution < -0.4 is 0 Å². The predicted molar refractivity (Wildman–Crippen MR) is 120 cm³/mol. The van der Waals surface area contributed by atoms with Crippen molar-refractivity contribution >= 4 is 18.1 Å². The Kier molecular flexibility index (Phi) is 11.0. The van der Waals surface area contributed by atoms with Crippen LogP contribution >= 0.6 is 0 Å². The van der Waals surface area contributed by atoms with Gasteiger partial charge in [0.1, 0.15) is 0 Å². The van der Waals surface area contributed by atoms with Crippen molar-refractivity contribution in [2.45, 2.75) is 66.0 Å². The summed E-state index contributed by atoms with van der Waals surface area (Å²) in [5, 5.41) is 0. The van der Waals surface area contributed by atoms with E-state index < -0.39 is 30.7 Å². The zero-order valence-electron chi connectivity index (χ0n) is 19.8. The highest BCUT2D eigenvalue weighted by molar-refractivity contribution is 5.89. The summed E-state index contributed by atoms with van der Waals surface area (Å²) in [7, 11) is 0. The van der Waals surface area contributed by atoms with Gasteiger partial charge in [0, 0.05) is 13.8 Å². The summed E-state index contributed by atoms with van der Waals surface area (Å²) in [4.78, 5) is 54.7. The lowest BCUT2D eigenvalue weighted by Crippen LogP contribution is -2.25. The molecule has 0 amide bonds. The molecule has 0 radical (unpaired) electrons. The van der Waals surface area contributed by atoms with Gasteiger partial charge in [0.25, 0.3) is 0 Å². The Bertz CT molecular complexity index is 847. The normalized spacial score (nSPS) is 12.4. The summed E-state index contributed by atoms with van der Waals surface area (Å²) in [6.07, 6.45) is 0.117. The summed E-state index contributed by atoms with van der Waals surface area (Å²) in [6.45, 7) is 6.78. The minimum absolute atomic E-state index is 0.290. The Labute approximate surface area is 198 Å². The fourth-order valence-electron chi connectivity index (χ4n) is 2.85. The minimum atomic E-state index is -1.26. The molecule has 2 atom stereocenters. The van der Waals surface area contributed by atoms with E-state index in [9.17, 15) is 14.4 Å². The Hall–Kier alpha value is -3.43. The quantitative estimate of drug-likeness (QED) is 0.175. The largest absolute Gasteiger partial charge is 0.513 e. The summed E-state index contributed by atoms with van der Waals surface area (Å²) in [6, 6.07) is 13.8. The van der Waals surface area contributed by atoms with E-state index in [1.807, 2.05) is 24.3 Å². The van der Waals surface area contributed by atoms with Gasteiger partial charge < -0.3 is 9.47 Å². The molecule has 34 heavy (non-hydrogen) atoms. The molecule has 9 nitrogen and oxygen atoms in total. The van der Waals surface area contributed by atoms with Gasteiger partial charge >= 0.3 is 18.1 Å². The van der Waals surface area contributed by atoms with Crippen molar-refractivity contribution in [1.29, 1.82) is 0 Å². The molecule has 0 saturated carbocycles. The molecule has 9 heteroatoms. The molecule has 184 valence electrons. The molecule has 0 aliphatic rings. The van der Waals surface area contributed by atoms with Gasteiger partial charge in [-0.1, -0.05) is 51.0 Å². The Morgan fingerprint density at radius 1 is 0.647 bits per heavy atom. The monoisotopic (exact) mass is 474 g/mol. The Morgan fingerprint density at radius 3 is 1.32 bits per heavy atom. The molecule has 0 aliphatic carbocycles. The van der Waals surface area contributed by atoms with E-state index >= 15 is 0 Å². The fourth-order valence-corrected chi connectivity index (χ4v) is 2.85. The van der Waals surface area contributed by atoms with Gasteiger partial charge in [-0.25, -0.2) is 14.4 Å². The number of hydrogen-bond donors (Lipinski definition) is 0. The van der Waals surface area contributed by atoms with E-state index in [4.69, 9.17) is 19.2 Å². The van der Waals surface area contributed by atoms with E-state index in [2.05, 4.69) is 23.6 Å². The molecule has 0 spiro atoms. The summed E-state index contributed by atoms with van der Waals surface area (Å²) in [5.41, 5.74) is 2.79. The third-order valence-corrected chi connectivity index (χ3v) is 4.50. The number of ether oxygens (including phenoxy) is 2. The lowest BCUT2D eigenvalue weighted by atomic mass is 10.1. The molecule has 0 aromatic heterocycles. The van der Waals surface area contributed by atoms with Crippen LogP contribution in [0.15, 0.2) is 48.5 Å². The van der Waals surface area contributed by atoms with E-state index in [0.717, 1.165) is 36.8 Å². The van der Waals surface area contributed by atoms with Crippen LogP contribution in [0.3, 0.4) is 0 Å². The third kappa shape index (κ3) is 9.21. The highest BCUT2D eigenvalue weighted by Gasteiger charge is 2.20. The van der Waals surface area contributed by atoms with Gasteiger partial charge in [-0.05, 0) is 48.2 Å². The van der Waals surface area contributed by atoms with Gasteiger partial charge in [-0.15, -0.1) is 9.78 Å². The lowest BCUT2D eigenvalue weighted by molar-refractivity contribution is -0.340. The second-order valence-corrected chi connectivity index (χ2v) is 7.45. The van der Waals surface area contributed by atoms with Crippen molar-refractivity contribution in [3.63, 3.8) is 0 Å². The smallest absolute Gasteiger partial charge is 0.401 e. The van der Waals surface area contributed by atoms with Gasteiger partial charge in [0.05, 0.1) is 11.1 Å². The molecule has 2 unspecified atom stereocenters. The van der Waals surface area contributed by atoms with Crippen LogP contribution in [0.5, 0.6) is 0 Å². The summed E-state index contributed by atoms with van der Waals surface area (Å²) < 4.78 is 9.61. The number of rotatable bonds is 12. The average Bonchev–Trinajstić information content (AvgIpc) is 2.82. The number of hydrogen-bond acceptors (Lipinski definition) is 9. The van der Waals surface area contributed by atoms with E-state index in [-0.39, 0.29) is 0 Å². The van der Waals surface area contributed by atoms with Crippen molar-refractivity contribution in [1.82, 2.24) is 0 Å². The molecule has 0 saturated heterocycles. The van der Waals surface area contributed by atoms with Gasteiger partial charge in [-0.3, -0.25) is 9.78 Å². The standard InChI is InChI=1S/C25H30O9/c1-5-7-19-9-13-21(14-10-19)23(26)33-31-17(3)29-25(28)30-18(4)32-34-24(27)22-15-11-20(8-6-2)12-16-22/h9-18H,5-8H2,1-4H3. The minimum Gasteiger partial charge on any atom is -0.401 e. The molecule has 0 bridgehead atoms. The molecule has 0 heterocycles. The van der Waals surface area contributed by atoms with E-state index in [0.29, 0.717) is 11.1 Å². The molecule has 0 aliphatic heterocycles. The van der Waals surface area contributed by atoms with Gasteiger partial charge in [-0.2, -0.15) is 0 Å². The van der Waals surface area contributed by atoms with Crippen LogP contribution in [-0.4, -0.2) is 30.7 Å². The first-order valence-electron chi connectivity index (χ1n) is 11.1.